The van der Waals surface area contributed by atoms with Crippen LogP contribution in [0, 0.1) is 0 Å². The quantitative estimate of drug-likeness (QED) is 0.874. The van der Waals surface area contributed by atoms with Gasteiger partial charge in [0.15, 0.2) is 11.5 Å². The number of ether oxygens (including phenoxy) is 3. The Kier molecular flexibility index (Phi) is 3.47. The van der Waals surface area contributed by atoms with Crippen molar-refractivity contribution in [2.24, 2.45) is 0 Å². The van der Waals surface area contributed by atoms with Crippen LogP contribution in [0.3, 0.4) is 0 Å². The number of fused-ring (bicyclic) bond motifs is 2. The number of aromatic amines is 1. The second kappa shape index (κ2) is 5.29. The molecule has 2 heterocycles. The molecule has 3 rings (SSSR count). The van der Waals surface area contributed by atoms with Gasteiger partial charge in [0.05, 0.1) is 12.1 Å². The molecule has 1 aliphatic rings. The van der Waals surface area contributed by atoms with Crippen molar-refractivity contribution < 1.29 is 19.0 Å². The Morgan fingerprint density at radius 3 is 2.71 bits per heavy atom. The van der Waals surface area contributed by atoms with E-state index in [0.29, 0.717) is 30.3 Å². The Bertz CT molecular complexity index is 691. The van der Waals surface area contributed by atoms with Gasteiger partial charge in [0.25, 0.3) is 0 Å². The fourth-order valence-corrected chi connectivity index (χ4v) is 2.50. The van der Waals surface area contributed by atoms with Gasteiger partial charge < -0.3 is 24.1 Å². The summed E-state index contributed by atoms with van der Waals surface area (Å²) in [7, 11) is 3.92. The number of rotatable bonds is 4. The molecule has 0 amide bonds. The SMILES string of the molecule is CCOC(=O)c1[nH]c2cc3c(cc2c1CN(C)C)OCO3. The normalized spacial score (nSPS) is 13.1. The highest BCUT2D eigenvalue weighted by Crippen LogP contribution is 2.38. The molecule has 6 nitrogen and oxygen atoms in total. The minimum absolute atomic E-state index is 0.232. The molecule has 0 saturated heterocycles. The third-order valence-corrected chi connectivity index (χ3v) is 3.35. The lowest BCUT2D eigenvalue weighted by molar-refractivity contribution is 0.0518. The molecule has 6 heteroatoms. The van der Waals surface area contributed by atoms with E-state index in [-0.39, 0.29) is 12.8 Å². The zero-order chi connectivity index (χ0) is 15.0. The van der Waals surface area contributed by atoms with E-state index in [0.717, 1.165) is 16.5 Å². The van der Waals surface area contributed by atoms with E-state index in [4.69, 9.17) is 14.2 Å². The molecule has 21 heavy (non-hydrogen) atoms. The van der Waals surface area contributed by atoms with Crippen molar-refractivity contribution in [3.05, 3.63) is 23.4 Å². The van der Waals surface area contributed by atoms with Gasteiger partial charge in [-0.2, -0.15) is 0 Å². The van der Waals surface area contributed by atoms with Gasteiger partial charge in [0, 0.05) is 23.6 Å². The summed E-state index contributed by atoms with van der Waals surface area (Å²) in [6.45, 7) is 3.00. The van der Waals surface area contributed by atoms with Crippen LogP contribution in [0.1, 0.15) is 23.0 Å². The van der Waals surface area contributed by atoms with Gasteiger partial charge in [-0.25, -0.2) is 4.79 Å². The first-order chi connectivity index (χ1) is 10.1. The minimum atomic E-state index is -0.340. The standard InChI is InChI=1S/C15H18N2O4/c1-4-19-15(18)14-10(7-17(2)3)9-5-12-13(21-8-20-12)6-11(9)16-14/h5-6,16H,4,7-8H2,1-3H3. The molecule has 0 aliphatic carbocycles. The molecule has 1 N–H and O–H groups in total. The second-order valence-electron chi connectivity index (χ2n) is 5.19. The number of esters is 1. The summed E-state index contributed by atoms with van der Waals surface area (Å²) in [6.07, 6.45) is 0. The zero-order valence-electron chi connectivity index (χ0n) is 12.4. The molecular formula is C15H18N2O4. The molecule has 2 aromatic rings. The smallest absolute Gasteiger partial charge is 0.355 e. The maximum absolute atomic E-state index is 12.1. The van der Waals surface area contributed by atoms with Gasteiger partial charge in [-0.15, -0.1) is 0 Å². The summed E-state index contributed by atoms with van der Waals surface area (Å²) >= 11 is 0. The predicted molar refractivity (Wildman–Crippen MR) is 77.8 cm³/mol. The van der Waals surface area contributed by atoms with Gasteiger partial charge in [-0.1, -0.05) is 0 Å². The van der Waals surface area contributed by atoms with Gasteiger partial charge in [-0.3, -0.25) is 0 Å². The van der Waals surface area contributed by atoms with Crippen molar-refractivity contribution in [2.45, 2.75) is 13.5 Å². The average molecular weight is 290 g/mol. The van der Waals surface area contributed by atoms with Crippen molar-refractivity contribution in [3.8, 4) is 11.5 Å². The number of nitrogens with one attached hydrogen (secondary N) is 1. The monoisotopic (exact) mass is 290 g/mol. The fraction of sp³-hybridized carbons (Fsp3) is 0.400. The lowest BCUT2D eigenvalue weighted by Gasteiger charge is -2.10. The summed E-state index contributed by atoms with van der Waals surface area (Å²) in [5.41, 5.74) is 2.25. The highest BCUT2D eigenvalue weighted by atomic mass is 16.7. The van der Waals surface area contributed by atoms with Crippen molar-refractivity contribution in [1.29, 1.82) is 0 Å². The average Bonchev–Trinajstić information content (AvgIpc) is 3.01. The number of hydrogen-bond donors (Lipinski definition) is 1. The van der Waals surface area contributed by atoms with Crippen molar-refractivity contribution in [1.82, 2.24) is 9.88 Å². The first-order valence-electron chi connectivity index (χ1n) is 6.86. The molecule has 0 atom stereocenters. The topological polar surface area (TPSA) is 63.8 Å². The molecule has 112 valence electrons. The molecule has 1 aromatic carbocycles. The molecule has 0 bridgehead atoms. The predicted octanol–water partition coefficient (Wildman–Crippen LogP) is 2.13. The number of aromatic nitrogens is 1. The van der Waals surface area contributed by atoms with E-state index in [9.17, 15) is 4.79 Å². The van der Waals surface area contributed by atoms with Crippen LogP contribution in [-0.4, -0.2) is 43.3 Å². The molecular weight excluding hydrogens is 272 g/mol. The number of carbonyl (C=O) groups excluding carboxylic acids is 1. The first kappa shape index (κ1) is 13.8. The first-order valence-corrected chi connectivity index (χ1v) is 6.86. The van der Waals surface area contributed by atoms with Crippen LogP contribution in [0.4, 0.5) is 0 Å². The Morgan fingerprint density at radius 2 is 2.05 bits per heavy atom. The Hall–Kier alpha value is -2.21. The number of benzene rings is 1. The summed E-state index contributed by atoms with van der Waals surface area (Å²) in [5.74, 6) is 1.06. The summed E-state index contributed by atoms with van der Waals surface area (Å²) < 4.78 is 15.9. The summed E-state index contributed by atoms with van der Waals surface area (Å²) in [4.78, 5) is 17.3. The van der Waals surface area contributed by atoms with E-state index in [1.54, 1.807) is 6.92 Å². The molecule has 1 aliphatic heterocycles. The maximum Gasteiger partial charge on any atom is 0.355 e. The lowest BCUT2D eigenvalue weighted by Crippen LogP contribution is -2.15. The molecule has 0 unspecified atom stereocenters. The molecule has 0 spiro atoms. The van der Waals surface area contributed by atoms with Crippen LogP contribution >= 0.6 is 0 Å². The molecule has 0 radical (unpaired) electrons. The molecule has 1 aromatic heterocycles. The van der Waals surface area contributed by atoms with Crippen molar-refractivity contribution in [3.63, 3.8) is 0 Å². The Morgan fingerprint density at radius 1 is 1.33 bits per heavy atom. The van der Waals surface area contributed by atoms with E-state index < -0.39 is 0 Å². The van der Waals surface area contributed by atoms with Gasteiger partial charge in [0.2, 0.25) is 6.79 Å². The number of carbonyl (C=O) groups is 1. The van der Waals surface area contributed by atoms with Crippen LogP contribution in [0.25, 0.3) is 10.9 Å². The summed E-state index contributed by atoms with van der Waals surface area (Å²) in [6, 6.07) is 3.77. The Labute approximate surface area is 122 Å². The molecule has 0 saturated carbocycles. The van der Waals surface area contributed by atoms with Crippen LogP contribution in [0.5, 0.6) is 11.5 Å². The highest BCUT2D eigenvalue weighted by Gasteiger charge is 2.23. The Balaban J connectivity index is 2.15. The zero-order valence-corrected chi connectivity index (χ0v) is 12.4. The van der Waals surface area contributed by atoms with Crippen molar-refractivity contribution >= 4 is 16.9 Å². The van der Waals surface area contributed by atoms with Gasteiger partial charge in [-0.05, 0) is 27.1 Å². The minimum Gasteiger partial charge on any atom is -0.461 e. The summed E-state index contributed by atoms with van der Waals surface area (Å²) in [5, 5.41) is 0.955. The maximum atomic E-state index is 12.1. The van der Waals surface area contributed by atoms with Crippen LogP contribution in [0.15, 0.2) is 12.1 Å². The third kappa shape index (κ3) is 2.42. The van der Waals surface area contributed by atoms with Crippen LogP contribution in [0.2, 0.25) is 0 Å². The molecule has 0 fully saturated rings. The van der Waals surface area contributed by atoms with E-state index in [1.807, 2.05) is 31.1 Å². The highest BCUT2D eigenvalue weighted by molar-refractivity contribution is 5.99. The second-order valence-corrected chi connectivity index (χ2v) is 5.19. The number of hydrogen-bond acceptors (Lipinski definition) is 5. The van der Waals surface area contributed by atoms with Crippen LogP contribution < -0.4 is 9.47 Å². The van der Waals surface area contributed by atoms with E-state index >= 15 is 0 Å². The van der Waals surface area contributed by atoms with E-state index in [2.05, 4.69) is 4.98 Å². The third-order valence-electron chi connectivity index (χ3n) is 3.35. The number of nitrogens with zero attached hydrogens (tertiary/aromatic N) is 1. The van der Waals surface area contributed by atoms with Crippen LogP contribution in [-0.2, 0) is 11.3 Å². The van der Waals surface area contributed by atoms with Gasteiger partial charge >= 0.3 is 5.97 Å². The fourth-order valence-electron chi connectivity index (χ4n) is 2.50. The van der Waals surface area contributed by atoms with E-state index in [1.165, 1.54) is 0 Å². The lowest BCUT2D eigenvalue weighted by atomic mass is 10.1. The van der Waals surface area contributed by atoms with Gasteiger partial charge in [0.1, 0.15) is 5.69 Å². The number of H-pyrrole nitrogens is 1. The largest absolute Gasteiger partial charge is 0.461 e. The van der Waals surface area contributed by atoms with Crippen molar-refractivity contribution in [2.75, 3.05) is 27.5 Å².